The number of non-ortho nitro benzene ring substituents is 1. The van der Waals surface area contributed by atoms with Gasteiger partial charge >= 0.3 is 5.97 Å². The Morgan fingerprint density at radius 2 is 2.00 bits per heavy atom. The number of benzene rings is 1. The number of nitro benzene ring substituents is 1. The van der Waals surface area contributed by atoms with E-state index in [4.69, 9.17) is 0 Å². The average molecular weight is 399 g/mol. The molecular weight excluding hydrogens is 374 g/mol. The van der Waals surface area contributed by atoms with Gasteiger partial charge in [-0.25, -0.2) is 0 Å². The van der Waals surface area contributed by atoms with Gasteiger partial charge in [0.1, 0.15) is 5.78 Å². The summed E-state index contributed by atoms with van der Waals surface area (Å²) in [5, 5.41) is 25.0. The Balaban J connectivity index is 1.63. The molecule has 0 aromatic heterocycles. The molecule has 3 fully saturated rings. The van der Waals surface area contributed by atoms with Crippen LogP contribution >= 0.6 is 0 Å². The lowest BCUT2D eigenvalue weighted by Gasteiger charge is -2.42. The number of aliphatic carboxylic acids is 1. The highest BCUT2D eigenvalue weighted by molar-refractivity contribution is 6.03. The topological polar surface area (TPSA) is 122 Å². The molecule has 8 heteroatoms. The number of Topliss-reactive ketones (excluding diaryl/α,β-unsaturated/α-hetero) is 1. The second-order valence-corrected chi connectivity index (χ2v) is 9.01. The number of carboxylic acids is 1. The summed E-state index contributed by atoms with van der Waals surface area (Å²) < 4.78 is 0. The predicted octanol–water partition coefficient (Wildman–Crippen LogP) is 3.72. The van der Waals surface area contributed by atoms with Gasteiger partial charge in [0.05, 0.1) is 16.5 Å². The van der Waals surface area contributed by atoms with Gasteiger partial charge in [0.25, 0.3) is 5.69 Å². The number of anilines is 1. The summed E-state index contributed by atoms with van der Waals surface area (Å²) in [6.07, 6.45) is 2.10. The van der Waals surface area contributed by atoms with Crippen molar-refractivity contribution in [1.82, 2.24) is 0 Å². The quantitative estimate of drug-likeness (QED) is 0.575. The fourth-order valence-corrected chi connectivity index (χ4v) is 6.36. The lowest BCUT2D eigenvalue weighted by atomic mass is 9.61. The lowest BCUT2D eigenvalue weighted by Crippen LogP contribution is -2.43. The number of nitro groups is 1. The Morgan fingerprint density at radius 3 is 2.59 bits per heavy atom. The zero-order chi connectivity index (χ0) is 21.1. The summed E-state index contributed by atoms with van der Waals surface area (Å²) in [5.41, 5.74) is 3.48. The summed E-state index contributed by atoms with van der Waals surface area (Å²) in [6, 6.07) is 6.00. The Labute approximate surface area is 168 Å². The number of hydrogen-bond acceptors (Lipinski definition) is 6. The molecule has 0 spiro atoms. The van der Waals surface area contributed by atoms with Crippen molar-refractivity contribution in [3.05, 3.63) is 34.4 Å². The summed E-state index contributed by atoms with van der Waals surface area (Å²) >= 11 is 0. The maximum Gasteiger partial charge on any atom is 0.307 e. The molecule has 1 aromatic rings. The van der Waals surface area contributed by atoms with Gasteiger partial charge in [-0.1, -0.05) is 20.8 Å². The molecule has 1 aromatic carbocycles. The van der Waals surface area contributed by atoms with Gasteiger partial charge in [0.2, 0.25) is 0 Å². The van der Waals surface area contributed by atoms with Crippen molar-refractivity contribution in [1.29, 1.82) is 0 Å². The third-order valence-corrected chi connectivity index (χ3v) is 7.94. The maximum absolute atomic E-state index is 13.5. The van der Waals surface area contributed by atoms with Crippen LogP contribution in [-0.4, -0.2) is 27.5 Å². The molecular formula is C21H25N3O5. The first-order valence-corrected chi connectivity index (χ1v) is 9.97. The van der Waals surface area contributed by atoms with Crippen molar-refractivity contribution in [2.45, 2.75) is 40.0 Å². The molecule has 29 heavy (non-hydrogen) atoms. The van der Waals surface area contributed by atoms with Crippen LogP contribution in [0.1, 0.15) is 40.0 Å². The highest BCUT2D eigenvalue weighted by Crippen LogP contribution is 2.73. The van der Waals surface area contributed by atoms with Crippen molar-refractivity contribution in [3.63, 3.8) is 0 Å². The van der Waals surface area contributed by atoms with E-state index in [1.807, 2.05) is 6.92 Å². The average Bonchev–Trinajstić information content (AvgIpc) is 3.03. The van der Waals surface area contributed by atoms with Crippen molar-refractivity contribution >= 4 is 28.8 Å². The number of hydrogen-bond donors (Lipinski definition) is 2. The van der Waals surface area contributed by atoms with E-state index in [1.54, 1.807) is 19.1 Å². The van der Waals surface area contributed by atoms with Crippen LogP contribution in [0.4, 0.5) is 11.4 Å². The SMILES string of the molecule is CC1/C(=N\Nc2ccc([N+](=O)[O-])cc2)CC2C3(C)CCC2(C(C)C(=O)O)C(=O)C13. The molecule has 4 bridgehead atoms. The van der Waals surface area contributed by atoms with Crippen LogP contribution in [0.25, 0.3) is 0 Å². The minimum atomic E-state index is -0.912. The Hall–Kier alpha value is -2.77. The Morgan fingerprint density at radius 1 is 1.34 bits per heavy atom. The third kappa shape index (κ3) is 2.54. The predicted molar refractivity (Wildman–Crippen MR) is 106 cm³/mol. The van der Waals surface area contributed by atoms with Crippen LogP contribution in [0.15, 0.2) is 29.4 Å². The summed E-state index contributed by atoms with van der Waals surface area (Å²) in [4.78, 5) is 35.6. The third-order valence-electron chi connectivity index (χ3n) is 7.94. The van der Waals surface area contributed by atoms with Crippen LogP contribution in [-0.2, 0) is 9.59 Å². The fourth-order valence-electron chi connectivity index (χ4n) is 6.36. The molecule has 0 radical (unpaired) electrons. The standard InChI is InChI=1S/C21H25N3O5/c1-11-15(23-22-13-4-6-14(7-5-13)24(28)29)10-16-20(3)8-9-21(16,12(2)19(26)27)18(25)17(11)20/h4-7,11-12,16-17,22H,8-10H2,1-3H3,(H,26,27)/b23-15-. The van der Waals surface area contributed by atoms with Gasteiger partial charge in [0, 0.05) is 35.1 Å². The van der Waals surface area contributed by atoms with E-state index in [9.17, 15) is 24.8 Å². The zero-order valence-corrected chi connectivity index (χ0v) is 16.7. The normalized spacial score (nSPS) is 37.6. The minimum absolute atomic E-state index is 0.00646. The highest BCUT2D eigenvalue weighted by Gasteiger charge is 2.75. The van der Waals surface area contributed by atoms with E-state index >= 15 is 0 Å². The van der Waals surface area contributed by atoms with Gasteiger partial charge in [-0.2, -0.15) is 5.10 Å². The van der Waals surface area contributed by atoms with E-state index in [2.05, 4.69) is 17.5 Å². The molecule has 6 unspecified atom stereocenters. The van der Waals surface area contributed by atoms with Crippen molar-refractivity contribution in [3.8, 4) is 0 Å². The summed E-state index contributed by atoms with van der Waals surface area (Å²) in [7, 11) is 0. The number of rotatable bonds is 5. The maximum atomic E-state index is 13.5. The molecule has 3 aliphatic carbocycles. The fraction of sp³-hybridized carbons (Fsp3) is 0.571. The van der Waals surface area contributed by atoms with Crippen LogP contribution in [0, 0.1) is 44.6 Å². The Kier molecular flexibility index (Phi) is 4.29. The van der Waals surface area contributed by atoms with E-state index < -0.39 is 22.2 Å². The van der Waals surface area contributed by atoms with E-state index in [0.717, 1.165) is 12.1 Å². The van der Waals surface area contributed by atoms with Crippen LogP contribution in [0.5, 0.6) is 0 Å². The molecule has 2 N–H and O–H groups in total. The van der Waals surface area contributed by atoms with Crippen LogP contribution in [0.3, 0.4) is 0 Å². The first kappa shape index (κ1) is 19.5. The molecule has 8 nitrogen and oxygen atoms in total. The van der Waals surface area contributed by atoms with Crippen molar-refractivity contribution in [2.75, 3.05) is 5.43 Å². The first-order valence-electron chi connectivity index (χ1n) is 9.97. The Bertz CT molecular complexity index is 927. The number of ketones is 1. The van der Waals surface area contributed by atoms with Crippen molar-refractivity contribution < 1.29 is 19.6 Å². The second-order valence-electron chi connectivity index (χ2n) is 9.01. The van der Waals surface area contributed by atoms with E-state index in [-0.39, 0.29) is 34.6 Å². The van der Waals surface area contributed by atoms with Gasteiger partial charge in [-0.05, 0) is 42.7 Å². The molecule has 154 valence electrons. The van der Waals surface area contributed by atoms with Gasteiger partial charge in [-0.3, -0.25) is 25.1 Å². The number of carbonyl (C=O) groups excluding carboxylic acids is 1. The first-order chi connectivity index (χ1) is 13.6. The summed E-state index contributed by atoms with van der Waals surface area (Å²) in [6.45, 7) is 5.81. The van der Waals surface area contributed by atoms with E-state index in [1.165, 1.54) is 12.1 Å². The molecule has 6 atom stereocenters. The zero-order valence-electron chi connectivity index (χ0n) is 16.7. The minimum Gasteiger partial charge on any atom is -0.481 e. The largest absolute Gasteiger partial charge is 0.481 e. The van der Waals surface area contributed by atoms with Crippen LogP contribution in [0.2, 0.25) is 0 Å². The molecule has 0 saturated heterocycles. The highest BCUT2D eigenvalue weighted by atomic mass is 16.6. The number of carbonyl (C=O) groups is 2. The number of nitrogens with one attached hydrogen (secondary N) is 1. The monoisotopic (exact) mass is 399 g/mol. The molecule has 0 heterocycles. The summed E-state index contributed by atoms with van der Waals surface area (Å²) in [5.74, 6) is -1.83. The molecule has 4 rings (SSSR count). The van der Waals surface area contributed by atoms with E-state index in [0.29, 0.717) is 18.5 Å². The number of nitrogens with zero attached hydrogens (tertiary/aromatic N) is 2. The molecule has 0 amide bonds. The molecule has 0 aliphatic heterocycles. The molecule has 3 saturated carbocycles. The number of carboxylic acid groups (broad SMARTS) is 1. The van der Waals surface area contributed by atoms with Crippen LogP contribution < -0.4 is 5.43 Å². The van der Waals surface area contributed by atoms with Gasteiger partial charge < -0.3 is 5.11 Å². The lowest BCUT2D eigenvalue weighted by molar-refractivity contribution is -0.384. The smallest absolute Gasteiger partial charge is 0.307 e. The molecule has 3 aliphatic rings. The van der Waals surface area contributed by atoms with Gasteiger partial charge in [0.15, 0.2) is 0 Å². The van der Waals surface area contributed by atoms with Gasteiger partial charge in [-0.15, -0.1) is 0 Å². The number of hydrazone groups is 1. The second kappa shape index (κ2) is 6.37. The van der Waals surface area contributed by atoms with Crippen molar-refractivity contribution in [2.24, 2.45) is 39.6 Å².